The molecule has 0 unspecified atom stereocenters. The molecule has 27 atom stereocenters. The van der Waals surface area contributed by atoms with Crippen LogP contribution in [0.25, 0.3) is 10.8 Å². The van der Waals surface area contributed by atoms with E-state index in [0.717, 1.165) is 13.1 Å². The van der Waals surface area contributed by atoms with Crippen LogP contribution in [0.15, 0.2) is 41.2 Å². The van der Waals surface area contributed by atoms with E-state index < -0.39 is 191 Å². The topological polar surface area (TPSA) is 403 Å². The number of aliphatic hydroxyl groups is 6. The van der Waals surface area contributed by atoms with E-state index in [1.165, 1.54) is 80.6 Å². The summed E-state index contributed by atoms with van der Waals surface area (Å²) in [5.74, 6) is -12.8. The van der Waals surface area contributed by atoms with Gasteiger partial charge in [0.25, 0.3) is 11.7 Å². The number of phenols is 3. The molecule has 7 aliphatic heterocycles. The zero-order valence-corrected chi connectivity index (χ0v) is 69.2. The molecule has 10 N–H and O–H groups in total. The van der Waals surface area contributed by atoms with E-state index in [-0.39, 0.29) is 81.7 Å². The van der Waals surface area contributed by atoms with Crippen LogP contribution in [0.1, 0.15) is 165 Å². The number of nitrogens with one attached hydrogen (secondary N) is 1. The minimum absolute atomic E-state index is 0.0559. The molecule has 0 spiro atoms. The number of amides is 1. The lowest BCUT2D eigenvalue weighted by Crippen LogP contribution is -2.61. The SMILES string of the molecule is CC[C@H]1OC(=O)[C@H](C)[C@@H](O[C@H]2C[C@@](C)(OC)[C@@H](O)[C@H](C)O2)[C@H](C)[C@@H](O[C@@H]2O[C@H](C)C[C@H](N(C)C)[C@H]2O)[C@](C)(OC)C[C@@H](C)C(=O)[C@H](C)[C@@H](O)[C@]1(C)O.CO[C@H]1/C=C/O[C@@]2(C)Oc3c(C)c(O)c4c(O)c(c(/C=N\N5CCN(C)CC5)c(O)c4c3C2=O)NC(=O)/C(C)=C\C=C\[C@@H](C)[C@H](O)[C@@H](C)[C@H](O)[C@@H](C)[C@H](OC(C)=O)[C@@H]1C. The number of hydrogen-bond donors (Lipinski definition) is 10. The molecule has 1 amide bonds. The second kappa shape index (κ2) is 37.4. The molecule has 2 aromatic rings. The number of Topliss-reactive ketones (excluding diaryl/α,β-unsaturated/α-hetero) is 2. The fourth-order valence-electron chi connectivity index (χ4n) is 16.5. The lowest BCUT2D eigenvalue weighted by atomic mass is 9.74. The Morgan fingerprint density at radius 1 is 0.748 bits per heavy atom. The number of anilines is 1. The van der Waals surface area contributed by atoms with Gasteiger partial charge in [0, 0.05) is 132 Å². The van der Waals surface area contributed by atoms with Crippen molar-refractivity contribution in [1.82, 2.24) is 14.8 Å². The van der Waals surface area contributed by atoms with Crippen LogP contribution >= 0.6 is 0 Å². The lowest BCUT2D eigenvalue weighted by Gasteiger charge is -2.50. The van der Waals surface area contributed by atoms with Gasteiger partial charge in [-0.25, -0.2) is 0 Å². The van der Waals surface area contributed by atoms with E-state index in [9.17, 15) is 69.9 Å². The Bertz CT molecular complexity index is 3710. The monoisotopic (exact) mass is 1570 g/mol. The zero-order valence-electron chi connectivity index (χ0n) is 69.2. The maximum atomic E-state index is 14.4. The molecule has 626 valence electrons. The summed E-state index contributed by atoms with van der Waals surface area (Å²) in [4.78, 5) is 72.7. The highest BCUT2D eigenvalue weighted by atomic mass is 16.7. The predicted molar refractivity (Wildman–Crippen MR) is 412 cm³/mol. The molecule has 0 aliphatic carbocycles. The van der Waals surface area contributed by atoms with Crippen molar-refractivity contribution in [1.29, 1.82) is 0 Å². The van der Waals surface area contributed by atoms with E-state index in [4.69, 9.17) is 52.1 Å². The standard InChI is InChI=1S/C43H58N4O12.C38H69NO13/c1-21-12-11-13-22(2)42(55)45-33-28(20-44-47-17-15-46(9)16-18-47)37(52)30-31(38(33)53)36(51)26(6)40-32(30)41(54)43(8,59-40)57-19-14-29(56-10)23(3)39(58-27(7)48)25(5)35(50)24(4)34(21)49;1-15-26-38(10,45)31(42)21(4)28(40)19(2)17-37(9,47-14)33(52-35-29(41)25(39(11)12)16-20(3)48-35)22(5)30(23(6)34(44)50-26)51-27-18-36(8,46-13)32(43)24(7)49-27/h11-14,19-21,23-25,29,34-35,39,49-53H,15-18H2,1-10H3,(H,45,55);19-27,29-33,35,41-43,45H,15-18H2,1-14H3/b12-11+,19-14+,22-13-,44-20-;/t21-,23-,24-,25-,29+,34+,35+,39-,43+;19-,20-,21+,22+,23-,24+,25+,26-,27+,29-,30+,31-,32+,33-,35+,36-,37-,38-/m11/s1. The van der Waals surface area contributed by atoms with Crippen LogP contribution in [-0.4, -0.2) is 280 Å². The number of ether oxygens (including phenoxy) is 11. The van der Waals surface area contributed by atoms with Crippen molar-refractivity contribution in [2.75, 3.05) is 74.0 Å². The molecule has 111 heavy (non-hydrogen) atoms. The van der Waals surface area contributed by atoms with E-state index in [1.807, 2.05) is 39.9 Å². The number of likely N-dealkylation sites (N-methyl/N-ethyl adjacent to an activating group) is 2. The number of fused-ring (bicyclic) bond motifs is 14. The van der Waals surface area contributed by atoms with Crippen LogP contribution in [0.3, 0.4) is 0 Å². The molecule has 9 rings (SSSR count). The molecule has 0 aromatic heterocycles. The van der Waals surface area contributed by atoms with Gasteiger partial charge < -0.3 is 113 Å². The third kappa shape index (κ3) is 19.7. The Labute approximate surface area is 653 Å². The van der Waals surface area contributed by atoms with E-state index in [0.29, 0.717) is 19.5 Å². The van der Waals surface area contributed by atoms with Crippen molar-refractivity contribution in [3.63, 3.8) is 0 Å². The van der Waals surface area contributed by atoms with Gasteiger partial charge in [0.15, 0.2) is 18.3 Å². The predicted octanol–water partition coefficient (Wildman–Crippen LogP) is 6.78. The molecule has 7 heterocycles. The fourth-order valence-corrected chi connectivity index (χ4v) is 16.5. The maximum Gasteiger partial charge on any atom is 0.312 e. The summed E-state index contributed by atoms with van der Waals surface area (Å²) >= 11 is 0. The number of rotatable bonds is 12. The van der Waals surface area contributed by atoms with Crippen LogP contribution in [0.5, 0.6) is 23.0 Å². The van der Waals surface area contributed by atoms with Gasteiger partial charge in [0.05, 0.1) is 101 Å². The Morgan fingerprint density at radius 2 is 1.38 bits per heavy atom. The van der Waals surface area contributed by atoms with Crippen molar-refractivity contribution in [3.8, 4) is 23.0 Å². The number of allylic oxidation sites excluding steroid dienone is 2. The molecular weight excluding hydrogens is 1440 g/mol. The number of ketones is 2. The Kier molecular flexibility index (Phi) is 30.9. The number of aromatic hydroxyl groups is 3. The fraction of sp³-hybridized carbons (Fsp3) is 0.728. The normalized spacial score (nSPS) is 40.0. The number of phenolic OH excluding ortho intramolecular Hbond substituents is 3. The van der Waals surface area contributed by atoms with Crippen molar-refractivity contribution in [2.24, 2.45) is 52.4 Å². The maximum absolute atomic E-state index is 14.4. The van der Waals surface area contributed by atoms with Gasteiger partial charge in [-0.1, -0.05) is 73.6 Å². The first-order valence-corrected chi connectivity index (χ1v) is 38.7. The van der Waals surface area contributed by atoms with Crippen LogP contribution in [0.2, 0.25) is 0 Å². The molecule has 30 heteroatoms. The molecule has 30 nitrogen and oxygen atoms in total. The molecule has 4 saturated heterocycles. The number of nitrogens with zero attached hydrogens (tertiary/aromatic N) is 4. The summed E-state index contributed by atoms with van der Waals surface area (Å²) in [6.07, 6.45) is -3.87. The highest BCUT2D eigenvalue weighted by molar-refractivity contribution is 6.24. The first kappa shape index (κ1) is 91.7. The molecule has 7 aliphatic rings. The van der Waals surface area contributed by atoms with Crippen molar-refractivity contribution in [2.45, 2.75) is 265 Å². The first-order chi connectivity index (χ1) is 51.7. The summed E-state index contributed by atoms with van der Waals surface area (Å²) in [5.41, 5.74) is -4.59. The van der Waals surface area contributed by atoms with E-state index >= 15 is 0 Å². The highest BCUT2D eigenvalue weighted by Crippen LogP contribution is 2.55. The van der Waals surface area contributed by atoms with Gasteiger partial charge in [-0.2, -0.15) is 5.10 Å². The molecule has 2 aromatic carbocycles. The number of methoxy groups -OCH3 is 3. The summed E-state index contributed by atoms with van der Waals surface area (Å²) in [5, 5.41) is 112. The molecule has 4 fully saturated rings. The van der Waals surface area contributed by atoms with Crippen LogP contribution in [0.4, 0.5) is 5.69 Å². The summed E-state index contributed by atoms with van der Waals surface area (Å²) < 4.78 is 67.5. The van der Waals surface area contributed by atoms with Gasteiger partial charge in [-0.3, -0.25) is 29.0 Å². The number of carbonyl (C=O) groups excluding carboxylic acids is 5. The average molecular weight is 1570 g/mol. The minimum atomic E-state index is -2.04. The van der Waals surface area contributed by atoms with Crippen LogP contribution in [0, 0.1) is 54.3 Å². The van der Waals surface area contributed by atoms with Crippen molar-refractivity contribution >= 4 is 52.1 Å². The molecule has 0 saturated carbocycles. The summed E-state index contributed by atoms with van der Waals surface area (Å²) in [6.45, 7) is 32.1. The summed E-state index contributed by atoms with van der Waals surface area (Å²) in [6, 6.07) is -0.283. The Hall–Kier alpha value is -6.46. The minimum Gasteiger partial charge on any atom is -0.507 e. The van der Waals surface area contributed by atoms with Crippen molar-refractivity contribution < 1.29 is 122 Å². The number of hydrogen-bond acceptors (Lipinski definition) is 29. The number of aliphatic hydroxyl groups excluding tert-OH is 5. The van der Waals surface area contributed by atoms with Crippen LogP contribution < -0.4 is 10.1 Å². The molecule has 5 bridgehead atoms. The van der Waals surface area contributed by atoms with Gasteiger partial charge in [0.1, 0.15) is 53.0 Å². The van der Waals surface area contributed by atoms with Gasteiger partial charge in [-0.05, 0) is 102 Å². The van der Waals surface area contributed by atoms with Gasteiger partial charge >= 0.3 is 17.7 Å². The Morgan fingerprint density at radius 3 is 1.96 bits per heavy atom. The second-order valence-electron chi connectivity index (χ2n) is 32.8. The van der Waals surface area contributed by atoms with E-state index in [2.05, 4.69) is 15.3 Å². The smallest absolute Gasteiger partial charge is 0.312 e. The van der Waals surface area contributed by atoms with Crippen LogP contribution in [-0.2, 0) is 66.5 Å². The third-order valence-corrected chi connectivity index (χ3v) is 24.1. The highest BCUT2D eigenvalue weighted by Gasteiger charge is 2.56. The lowest BCUT2D eigenvalue weighted by molar-refractivity contribution is -0.319. The number of cyclic esters (lactones) is 1. The number of piperazine rings is 1. The number of esters is 2. The number of benzene rings is 2. The average Bonchev–Trinajstić information content (AvgIpc) is 1.56. The third-order valence-electron chi connectivity index (χ3n) is 24.1. The largest absolute Gasteiger partial charge is 0.507 e. The first-order valence-electron chi connectivity index (χ1n) is 38.7. The molecular formula is C81H127N5O25. The van der Waals surface area contributed by atoms with Crippen molar-refractivity contribution in [3.05, 3.63) is 52.8 Å². The second-order valence-corrected chi connectivity index (χ2v) is 32.8. The molecule has 0 radical (unpaired) electrons. The van der Waals surface area contributed by atoms with E-state index in [1.54, 1.807) is 93.3 Å². The zero-order chi connectivity index (χ0) is 83.3. The van der Waals surface area contributed by atoms with Gasteiger partial charge in [0.2, 0.25) is 0 Å². The number of carbonyl (C=O) groups is 5. The van der Waals surface area contributed by atoms with Gasteiger partial charge in [-0.15, -0.1) is 0 Å². The summed E-state index contributed by atoms with van der Waals surface area (Å²) in [7, 11) is 10.2. The Balaban J connectivity index is 0.000000311. The quantitative estimate of drug-likeness (QED) is 0.0453. The number of hydrazone groups is 1.